The zero-order chi connectivity index (χ0) is 9.26. The molecule has 0 spiro atoms. The number of aromatic nitrogens is 1. The quantitative estimate of drug-likeness (QED) is 0.652. The molecule has 0 unspecified atom stereocenters. The van der Waals surface area contributed by atoms with Gasteiger partial charge in [0.1, 0.15) is 5.15 Å². The number of halogens is 2. The first kappa shape index (κ1) is 8.91. The first-order valence-corrected chi connectivity index (χ1v) is 4.59. The molecule has 0 bridgehead atoms. The molecule has 1 aromatic rings. The Hall–Kier alpha value is -0.670. The molecule has 1 fully saturated rings. The summed E-state index contributed by atoms with van der Waals surface area (Å²) in [5.74, 6) is -0.514. The molecule has 70 valence electrons. The number of rotatable bonds is 1. The molecule has 0 radical (unpaired) electrons. The number of nitrogens with zero attached hydrogens (tertiary/aromatic N) is 1. The Morgan fingerprint density at radius 1 is 1.54 bits per heavy atom. The molecule has 0 aliphatic carbocycles. The maximum atomic E-state index is 13.2. The van der Waals surface area contributed by atoms with Crippen LogP contribution in [-0.4, -0.2) is 11.6 Å². The lowest BCUT2D eigenvalue weighted by Gasteiger charge is -2.09. The Kier molecular flexibility index (Phi) is 2.47. The lowest BCUT2D eigenvalue weighted by Crippen LogP contribution is -2.01. The molecule has 2 heterocycles. The average Bonchev–Trinajstić information content (AvgIpc) is 2.56. The Labute approximate surface area is 80.7 Å². The second-order valence-electron chi connectivity index (χ2n) is 3.02. The average molecular weight is 202 g/mol. The van der Waals surface area contributed by atoms with Crippen LogP contribution >= 0.6 is 11.6 Å². The van der Waals surface area contributed by atoms with Gasteiger partial charge < -0.3 is 4.74 Å². The fraction of sp³-hybridized carbons (Fsp3) is 0.444. The summed E-state index contributed by atoms with van der Waals surface area (Å²) in [5, 5.41) is 0.180. The van der Waals surface area contributed by atoms with Crippen LogP contribution in [0.3, 0.4) is 0 Å². The predicted octanol–water partition coefficient (Wildman–Crippen LogP) is 2.73. The van der Waals surface area contributed by atoms with Crippen LogP contribution in [0.2, 0.25) is 5.15 Å². The standard InChI is InChI=1S/C9H9ClFNO/c10-8-4-3-6(9(11)12-8)7-2-1-5-13-7/h3-4,7H,1-2,5H2/t7-/m0/s1. The van der Waals surface area contributed by atoms with E-state index in [9.17, 15) is 4.39 Å². The number of hydrogen-bond donors (Lipinski definition) is 0. The lowest BCUT2D eigenvalue weighted by atomic mass is 10.1. The van der Waals surface area contributed by atoms with Crippen molar-refractivity contribution < 1.29 is 9.13 Å². The molecule has 0 aromatic carbocycles. The predicted molar refractivity (Wildman–Crippen MR) is 47.1 cm³/mol. The summed E-state index contributed by atoms with van der Waals surface area (Å²) >= 11 is 5.53. The third-order valence-corrected chi connectivity index (χ3v) is 2.33. The summed E-state index contributed by atoms with van der Waals surface area (Å²) in [4.78, 5) is 3.54. The monoisotopic (exact) mass is 201 g/mol. The van der Waals surface area contributed by atoms with Gasteiger partial charge in [-0.3, -0.25) is 0 Å². The van der Waals surface area contributed by atoms with E-state index < -0.39 is 5.95 Å². The van der Waals surface area contributed by atoms with E-state index in [4.69, 9.17) is 16.3 Å². The van der Waals surface area contributed by atoms with Crippen molar-refractivity contribution >= 4 is 11.6 Å². The minimum Gasteiger partial charge on any atom is -0.373 e. The Morgan fingerprint density at radius 3 is 3.00 bits per heavy atom. The minimum atomic E-state index is -0.514. The summed E-state index contributed by atoms with van der Waals surface area (Å²) in [5.41, 5.74) is 0.516. The number of ether oxygens (including phenoxy) is 1. The van der Waals surface area contributed by atoms with Gasteiger partial charge in [0, 0.05) is 12.2 Å². The van der Waals surface area contributed by atoms with Gasteiger partial charge in [0.05, 0.1) is 6.10 Å². The summed E-state index contributed by atoms with van der Waals surface area (Å²) in [7, 11) is 0. The molecule has 0 saturated carbocycles. The van der Waals surface area contributed by atoms with Crippen molar-refractivity contribution in [3.63, 3.8) is 0 Å². The van der Waals surface area contributed by atoms with E-state index in [0.29, 0.717) is 12.2 Å². The fourth-order valence-electron chi connectivity index (χ4n) is 1.49. The molecule has 0 N–H and O–H groups in total. The third kappa shape index (κ3) is 1.81. The normalized spacial score (nSPS) is 22.2. The van der Waals surface area contributed by atoms with Gasteiger partial charge in [-0.2, -0.15) is 4.39 Å². The maximum absolute atomic E-state index is 13.2. The van der Waals surface area contributed by atoms with Crippen molar-refractivity contribution in [2.75, 3.05) is 6.61 Å². The van der Waals surface area contributed by atoms with Crippen LogP contribution in [0.25, 0.3) is 0 Å². The van der Waals surface area contributed by atoms with Crippen LogP contribution in [0.15, 0.2) is 12.1 Å². The highest BCUT2D eigenvalue weighted by atomic mass is 35.5. The molecule has 2 rings (SSSR count). The molecule has 1 aromatic heterocycles. The fourth-order valence-corrected chi connectivity index (χ4v) is 1.62. The van der Waals surface area contributed by atoms with Crippen molar-refractivity contribution in [3.05, 3.63) is 28.8 Å². The molecular weight excluding hydrogens is 193 g/mol. The first-order valence-electron chi connectivity index (χ1n) is 4.21. The second-order valence-corrected chi connectivity index (χ2v) is 3.40. The highest BCUT2D eigenvalue weighted by molar-refractivity contribution is 6.29. The largest absolute Gasteiger partial charge is 0.373 e. The van der Waals surface area contributed by atoms with Gasteiger partial charge in [-0.25, -0.2) is 4.98 Å². The van der Waals surface area contributed by atoms with E-state index in [1.165, 1.54) is 0 Å². The summed E-state index contributed by atoms with van der Waals surface area (Å²) in [6.07, 6.45) is 1.71. The Bertz CT molecular complexity index is 312. The van der Waals surface area contributed by atoms with Gasteiger partial charge in [-0.15, -0.1) is 0 Å². The molecule has 13 heavy (non-hydrogen) atoms. The Morgan fingerprint density at radius 2 is 2.38 bits per heavy atom. The SMILES string of the molecule is Fc1nc(Cl)ccc1[C@@H]1CCCO1. The summed E-state index contributed by atoms with van der Waals surface area (Å²) < 4.78 is 18.6. The van der Waals surface area contributed by atoms with Crippen LogP contribution in [0.4, 0.5) is 4.39 Å². The van der Waals surface area contributed by atoms with Crippen LogP contribution in [0.1, 0.15) is 24.5 Å². The van der Waals surface area contributed by atoms with Crippen molar-refractivity contribution in [3.8, 4) is 0 Å². The van der Waals surface area contributed by atoms with Crippen molar-refractivity contribution in [2.24, 2.45) is 0 Å². The smallest absolute Gasteiger partial charge is 0.220 e. The minimum absolute atomic E-state index is 0.134. The van der Waals surface area contributed by atoms with E-state index >= 15 is 0 Å². The van der Waals surface area contributed by atoms with Crippen molar-refractivity contribution in [1.82, 2.24) is 4.98 Å². The number of hydrogen-bond acceptors (Lipinski definition) is 2. The molecule has 1 atom stereocenters. The molecule has 1 aliphatic rings. The van der Waals surface area contributed by atoms with Crippen molar-refractivity contribution in [1.29, 1.82) is 0 Å². The maximum Gasteiger partial charge on any atom is 0.220 e. The van der Waals surface area contributed by atoms with Crippen molar-refractivity contribution in [2.45, 2.75) is 18.9 Å². The van der Waals surface area contributed by atoms with Gasteiger partial charge in [0.25, 0.3) is 0 Å². The van der Waals surface area contributed by atoms with Crippen LogP contribution < -0.4 is 0 Å². The van der Waals surface area contributed by atoms with E-state index in [-0.39, 0.29) is 11.3 Å². The summed E-state index contributed by atoms with van der Waals surface area (Å²) in [6, 6.07) is 3.22. The van der Waals surface area contributed by atoms with Gasteiger partial charge >= 0.3 is 0 Å². The van der Waals surface area contributed by atoms with E-state index in [1.807, 2.05) is 0 Å². The molecule has 2 nitrogen and oxygen atoms in total. The highest BCUT2D eigenvalue weighted by Gasteiger charge is 2.21. The van der Waals surface area contributed by atoms with Crippen LogP contribution in [0, 0.1) is 5.95 Å². The topological polar surface area (TPSA) is 22.1 Å². The van der Waals surface area contributed by atoms with E-state index in [2.05, 4.69) is 4.98 Å². The first-order chi connectivity index (χ1) is 6.27. The van der Waals surface area contributed by atoms with Crippen LogP contribution in [0.5, 0.6) is 0 Å². The van der Waals surface area contributed by atoms with Gasteiger partial charge in [0.2, 0.25) is 5.95 Å². The van der Waals surface area contributed by atoms with Crippen LogP contribution in [-0.2, 0) is 4.74 Å². The summed E-state index contributed by atoms with van der Waals surface area (Å²) in [6.45, 7) is 0.701. The zero-order valence-corrected chi connectivity index (χ0v) is 7.72. The molecule has 0 amide bonds. The molecule has 1 saturated heterocycles. The second kappa shape index (κ2) is 3.60. The molecular formula is C9H9ClFNO. The third-order valence-electron chi connectivity index (χ3n) is 2.12. The molecule has 4 heteroatoms. The van der Waals surface area contributed by atoms with Gasteiger partial charge in [0.15, 0.2) is 0 Å². The lowest BCUT2D eigenvalue weighted by molar-refractivity contribution is 0.108. The highest BCUT2D eigenvalue weighted by Crippen LogP contribution is 2.29. The van der Waals surface area contributed by atoms with Gasteiger partial charge in [-0.05, 0) is 25.0 Å². The zero-order valence-electron chi connectivity index (χ0n) is 6.96. The van der Waals surface area contributed by atoms with Gasteiger partial charge in [-0.1, -0.05) is 11.6 Å². The van der Waals surface area contributed by atoms with E-state index in [0.717, 1.165) is 12.8 Å². The molecule has 1 aliphatic heterocycles. The van der Waals surface area contributed by atoms with E-state index in [1.54, 1.807) is 12.1 Å². The number of pyridine rings is 1. The Balaban J connectivity index is 2.29.